The zero-order valence-electron chi connectivity index (χ0n) is 10.5. The molecule has 0 bridgehead atoms. The lowest BCUT2D eigenvalue weighted by molar-refractivity contribution is 0.373. The van der Waals surface area contributed by atoms with Gasteiger partial charge in [0.25, 0.3) is 0 Å². The molecule has 0 saturated heterocycles. The number of halogens is 2. The summed E-state index contributed by atoms with van der Waals surface area (Å²) in [5.41, 5.74) is 4.91. The van der Waals surface area contributed by atoms with Gasteiger partial charge in [0.2, 0.25) is 10.0 Å². The highest BCUT2D eigenvalue weighted by atomic mass is 35.5. The zero-order chi connectivity index (χ0) is 14.3. The predicted octanol–water partition coefficient (Wildman–Crippen LogP) is 1.88. The fourth-order valence-electron chi connectivity index (χ4n) is 2.06. The summed E-state index contributed by atoms with van der Waals surface area (Å²) in [5, 5.41) is 0.169. The van der Waals surface area contributed by atoms with Crippen molar-refractivity contribution >= 4 is 21.6 Å². The summed E-state index contributed by atoms with van der Waals surface area (Å²) in [6.07, 6.45) is 1.85. The van der Waals surface area contributed by atoms with Crippen molar-refractivity contribution in [2.75, 3.05) is 6.54 Å². The molecule has 1 aliphatic carbocycles. The van der Waals surface area contributed by atoms with E-state index in [0.29, 0.717) is 0 Å². The predicted molar refractivity (Wildman–Crippen MR) is 71.9 cm³/mol. The van der Waals surface area contributed by atoms with E-state index in [1.165, 1.54) is 6.07 Å². The lowest BCUT2D eigenvalue weighted by Crippen LogP contribution is -2.53. The lowest BCUT2D eigenvalue weighted by Gasteiger charge is -2.29. The fraction of sp³-hybridized carbons (Fsp3) is 0.500. The maximum absolute atomic E-state index is 13.7. The van der Waals surface area contributed by atoms with Crippen LogP contribution in [0.25, 0.3) is 0 Å². The van der Waals surface area contributed by atoms with Crippen molar-refractivity contribution in [1.82, 2.24) is 4.72 Å². The molecule has 3 N–H and O–H groups in total. The molecule has 1 aromatic rings. The number of nitrogens with two attached hydrogens (primary N) is 1. The summed E-state index contributed by atoms with van der Waals surface area (Å²) in [4.78, 5) is -0.444. The average molecular weight is 307 g/mol. The van der Waals surface area contributed by atoms with E-state index in [1.54, 1.807) is 6.92 Å². The highest BCUT2D eigenvalue weighted by molar-refractivity contribution is 7.89. The molecule has 4 nitrogen and oxygen atoms in total. The van der Waals surface area contributed by atoms with Gasteiger partial charge in [-0.05, 0) is 43.9 Å². The Labute approximate surface area is 117 Å². The molecule has 1 aromatic carbocycles. The topological polar surface area (TPSA) is 72.2 Å². The van der Waals surface area contributed by atoms with E-state index in [4.69, 9.17) is 17.3 Å². The Hall–Kier alpha value is -0.690. The van der Waals surface area contributed by atoms with Crippen molar-refractivity contribution in [1.29, 1.82) is 0 Å². The minimum atomic E-state index is -3.98. The molecule has 106 valence electrons. The molecule has 2 rings (SSSR count). The summed E-state index contributed by atoms with van der Waals surface area (Å²) in [6.45, 7) is 1.91. The fourth-order valence-corrected chi connectivity index (χ4v) is 3.87. The molecular formula is C12H16ClFN2O2S. The van der Waals surface area contributed by atoms with Crippen LogP contribution in [0, 0.1) is 11.7 Å². The molecule has 7 heteroatoms. The van der Waals surface area contributed by atoms with Crippen molar-refractivity contribution in [3.63, 3.8) is 0 Å². The van der Waals surface area contributed by atoms with Gasteiger partial charge in [-0.2, -0.15) is 0 Å². The highest BCUT2D eigenvalue weighted by Crippen LogP contribution is 2.39. The molecule has 1 atom stereocenters. The van der Waals surface area contributed by atoms with Gasteiger partial charge in [-0.3, -0.25) is 0 Å². The second kappa shape index (κ2) is 5.01. The molecule has 0 heterocycles. The molecule has 0 amide bonds. The van der Waals surface area contributed by atoms with Crippen LogP contribution in [0.15, 0.2) is 23.1 Å². The first-order chi connectivity index (χ1) is 8.78. The van der Waals surface area contributed by atoms with E-state index in [1.807, 2.05) is 0 Å². The number of sulfonamides is 1. The second-order valence-electron chi connectivity index (χ2n) is 5.08. The van der Waals surface area contributed by atoms with Crippen molar-refractivity contribution in [3.05, 3.63) is 29.0 Å². The minimum Gasteiger partial charge on any atom is -0.329 e. The Kier molecular flexibility index (Phi) is 3.88. The van der Waals surface area contributed by atoms with Gasteiger partial charge in [-0.15, -0.1) is 0 Å². The third kappa shape index (κ3) is 3.08. The molecular weight excluding hydrogens is 291 g/mol. The molecule has 1 saturated carbocycles. The van der Waals surface area contributed by atoms with Crippen LogP contribution >= 0.6 is 11.6 Å². The molecule has 0 spiro atoms. The summed E-state index contributed by atoms with van der Waals surface area (Å²) in [6, 6.07) is 3.44. The van der Waals surface area contributed by atoms with E-state index in [0.717, 1.165) is 25.0 Å². The Bertz CT molecular complexity index is 589. The van der Waals surface area contributed by atoms with Crippen LogP contribution in [-0.2, 0) is 10.0 Å². The Morgan fingerprint density at radius 1 is 1.53 bits per heavy atom. The van der Waals surface area contributed by atoms with E-state index in [-0.39, 0.29) is 17.5 Å². The smallest absolute Gasteiger partial charge is 0.244 e. The maximum Gasteiger partial charge on any atom is 0.244 e. The summed E-state index contributed by atoms with van der Waals surface area (Å²) >= 11 is 5.72. The maximum atomic E-state index is 13.7. The van der Waals surface area contributed by atoms with Crippen LogP contribution in [0.4, 0.5) is 4.39 Å². The van der Waals surface area contributed by atoms with Gasteiger partial charge in [0.05, 0.1) is 0 Å². The number of benzene rings is 1. The van der Waals surface area contributed by atoms with Crippen molar-refractivity contribution in [2.45, 2.75) is 30.2 Å². The van der Waals surface area contributed by atoms with Crippen LogP contribution in [0.5, 0.6) is 0 Å². The molecule has 19 heavy (non-hydrogen) atoms. The second-order valence-corrected chi connectivity index (χ2v) is 7.16. The zero-order valence-corrected chi connectivity index (χ0v) is 12.1. The number of rotatable bonds is 5. The first-order valence-corrected chi connectivity index (χ1v) is 7.84. The quantitative estimate of drug-likeness (QED) is 0.872. The number of nitrogens with one attached hydrogen (secondary N) is 1. The van der Waals surface area contributed by atoms with Gasteiger partial charge in [0, 0.05) is 17.1 Å². The summed E-state index contributed by atoms with van der Waals surface area (Å²) in [7, 11) is -3.98. The van der Waals surface area contributed by atoms with Crippen LogP contribution in [0.3, 0.4) is 0 Å². The third-order valence-corrected chi connectivity index (χ3v) is 5.31. The van der Waals surface area contributed by atoms with Crippen molar-refractivity contribution < 1.29 is 12.8 Å². The molecule has 1 aliphatic rings. The van der Waals surface area contributed by atoms with Crippen LogP contribution < -0.4 is 10.5 Å². The Morgan fingerprint density at radius 2 is 2.16 bits per heavy atom. The van der Waals surface area contributed by atoms with Gasteiger partial charge >= 0.3 is 0 Å². The van der Waals surface area contributed by atoms with Gasteiger partial charge in [0.15, 0.2) is 0 Å². The van der Waals surface area contributed by atoms with E-state index >= 15 is 0 Å². The summed E-state index contributed by atoms with van der Waals surface area (Å²) in [5.74, 6) is -0.624. The standard InChI is InChI=1S/C12H16ClFN2O2S/c1-12(7-15,8-2-3-8)16-19(17,18)11-6-9(13)4-5-10(11)14/h4-6,8,16H,2-3,7,15H2,1H3. The largest absolute Gasteiger partial charge is 0.329 e. The van der Waals surface area contributed by atoms with Crippen LogP contribution in [0.2, 0.25) is 5.02 Å². The van der Waals surface area contributed by atoms with Gasteiger partial charge in [-0.25, -0.2) is 17.5 Å². The Morgan fingerprint density at radius 3 is 2.68 bits per heavy atom. The van der Waals surface area contributed by atoms with E-state index < -0.39 is 26.3 Å². The average Bonchev–Trinajstić information content (AvgIpc) is 3.15. The van der Waals surface area contributed by atoms with E-state index in [9.17, 15) is 12.8 Å². The van der Waals surface area contributed by atoms with Gasteiger partial charge in [0.1, 0.15) is 10.7 Å². The minimum absolute atomic E-state index is 0.166. The monoisotopic (exact) mass is 306 g/mol. The third-order valence-electron chi connectivity index (χ3n) is 3.45. The van der Waals surface area contributed by atoms with Crippen molar-refractivity contribution in [2.24, 2.45) is 11.7 Å². The van der Waals surface area contributed by atoms with Gasteiger partial charge < -0.3 is 5.73 Å². The molecule has 0 aliphatic heterocycles. The highest BCUT2D eigenvalue weighted by Gasteiger charge is 2.43. The van der Waals surface area contributed by atoms with Gasteiger partial charge in [-0.1, -0.05) is 11.6 Å². The number of hydrogen-bond acceptors (Lipinski definition) is 3. The molecule has 1 fully saturated rings. The Balaban J connectivity index is 2.34. The van der Waals surface area contributed by atoms with E-state index in [2.05, 4.69) is 4.72 Å². The van der Waals surface area contributed by atoms with Crippen LogP contribution in [0.1, 0.15) is 19.8 Å². The molecule has 0 radical (unpaired) electrons. The first kappa shape index (κ1) is 14.7. The number of hydrogen-bond donors (Lipinski definition) is 2. The lowest BCUT2D eigenvalue weighted by atomic mass is 9.98. The molecule has 0 aromatic heterocycles. The normalized spacial score (nSPS) is 19.2. The van der Waals surface area contributed by atoms with Crippen molar-refractivity contribution in [3.8, 4) is 0 Å². The molecule has 1 unspecified atom stereocenters. The summed E-state index contributed by atoms with van der Waals surface area (Å²) < 4.78 is 40.7. The van der Waals surface area contributed by atoms with Crippen LogP contribution in [-0.4, -0.2) is 20.5 Å². The SMILES string of the molecule is CC(CN)(NS(=O)(=O)c1cc(Cl)ccc1F)C1CC1. The first-order valence-electron chi connectivity index (χ1n) is 5.97.